The predicted molar refractivity (Wildman–Crippen MR) is 142 cm³/mol. The number of hydrogen-bond acceptors (Lipinski definition) is 6. The number of nitrogens with one attached hydrogen (secondary N) is 3. The molecule has 3 amide bonds. The molecule has 0 saturated carbocycles. The SMILES string of the molecule is O=C(NNC(=S)N[C@@H](Cc1ccccn1)CN1C(=O)c2ccccc2C1=O)c1nccc2ccccc12. The molecule has 2 aromatic heterocycles. The molecule has 10 heteroatoms. The molecule has 5 rings (SSSR count). The van der Waals surface area contributed by atoms with Crippen LogP contribution in [0.4, 0.5) is 0 Å². The van der Waals surface area contributed by atoms with Gasteiger partial charge in [-0.05, 0) is 47.9 Å². The zero-order chi connectivity index (χ0) is 25.8. The van der Waals surface area contributed by atoms with Gasteiger partial charge >= 0.3 is 0 Å². The predicted octanol–water partition coefficient (Wildman–Crippen LogP) is 2.65. The van der Waals surface area contributed by atoms with Crippen molar-refractivity contribution < 1.29 is 14.4 Å². The Bertz CT molecular complexity index is 1470. The number of hydrogen-bond donors (Lipinski definition) is 3. The van der Waals surface area contributed by atoms with Crippen LogP contribution in [0.2, 0.25) is 0 Å². The van der Waals surface area contributed by atoms with Gasteiger partial charge in [-0.2, -0.15) is 0 Å². The molecule has 0 saturated heterocycles. The van der Waals surface area contributed by atoms with Crippen LogP contribution in [0.25, 0.3) is 10.8 Å². The number of amides is 3. The number of benzene rings is 2. The summed E-state index contributed by atoms with van der Waals surface area (Å²) < 4.78 is 0. The molecule has 0 bridgehead atoms. The minimum absolute atomic E-state index is 0.0591. The van der Waals surface area contributed by atoms with E-state index in [0.717, 1.165) is 11.1 Å². The van der Waals surface area contributed by atoms with Crippen molar-refractivity contribution in [1.29, 1.82) is 0 Å². The number of aromatic nitrogens is 2. The summed E-state index contributed by atoms with van der Waals surface area (Å²) in [5.74, 6) is -1.17. The molecule has 0 fully saturated rings. The van der Waals surface area contributed by atoms with Crippen LogP contribution in [0.15, 0.2) is 85.2 Å². The lowest BCUT2D eigenvalue weighted by Gasteiger charge is -2.25. The lowest BCUT2D eigenvalue weighted by atomic mass is 10.1. The molecular formula is C27H22N6O3S. The van der Waals surface area contributed by atoms with Gasteiger partial charge < -0.3 is 5.32 Å². The molecule has 9 nitrogen and oxygen atoms in total. The second-order valence-electron chi connectivity index (χ2n) is 8.42. The molecule has 1 atom stereocenters. The van der Waals surface area contributed by atoms with E-state index in [4.69, 9.17) is 12.2 Å². The number of carbonyl (C=O) groups excluding carboxylic acids is 3. The van der Waals surface area contributed by atoms with Crippen LogP contribution in [0.3, 0.4) is 0 Å². The Hall–Kier alpha value is -4.70. The summed E-state index contributed by atoms with van der Waals surface area (Å²) in [6.45, 7) is 0.0591. The molecule has 0 unspecified atom stereocenters. The van der Waals surface area contributed by atoms with E-state index in [2.05, 4.69) is 26.1 Å². The first kappa shape index (κ1) is 24.0. The van der Waals surface area contributed by atoms with Crippen LogP contribution in [-0.2, 0) is 6.42 Å². The number of carbonyl (C=O) groups is 3. The van der Waals surface area contributed by atoms with Crippen molar-refractivity contribution >= 4 is 45.8 Å². The average molecular weight is 511 g/mol. The third kappa shape index (κ3) is 5.14. The van der Waals surface area contributed by atoms with Crippen molar-refractivity contribution in [3.63, 3.8) is 0 Å². The molecule has 2 aromatic carbocycles. The standard InChI is InChI=1S/C27H22N6O3S/c34-24(23-20-9-2-1-7-17(20)12-14-29-23)31-32-27(37)30-19(15-18-8-5-6-13-28-18)16-33-25(35)21-10-3-4-11-22(21)26(33)36/h1-14,19H,15-16H2,(H,31,34)(H2,30,32,37)/t19-/m0/s1. The summed E-state index contributed by atoms with van der Waals surface area (Å²) in [6, 6.07) is 21.0. The highest BCUT2D eigenvalue weighted by Gasteiger charge is 2.36. The fourth-order valence-electron chi connectivity index (χ4n) is 4.25. The Morgan fingerprint density at radius 3 is 2.27 bits per heavy atom. The van der Waals surface area contributed by atoms with Gasteiger partial charge in [0.15, 0.2) is 5.11 Å². The number of thiocarbonyl (C=S) groups is 1. The monoisotopic (exact) mass is 510 g/mol. The maximum absolute atomic E-state index is 12.9. The first-order chi connectivity index (χ1) is 18.0. The zero-order valence-corrected chi connectivity index (χ0v) is 20.4. The Morgan fingerprint density at radius 2 is 1.54 bits per heavy atom. The van der Waals surface area contributed by atoms with Gasteiger partial charge in [0.05, 0.1) is 17.2 Å². The molecule has 0 radical (unpaired) electrons. The number of nitrogens with zero attached hydrogens (tertiary/aromatic N) is 3. The van der Waals surface area contributed by atoms with Crippen LogP contribution in [-0.4, -0.2) is 50.3 Å². The molecule has 3 N–H and O–H groups in total. The minimum atomic E-state index is -0.468. The molecule has 1 aliphatic heterocycles. The number of hydrazine groups is 1. The largest absolute Gasteiger partial charge is 0.356 e. The van der Waals surface area contributed by atoms with Gasteiger partial charge in [-0.3, -0.25) is 40.1 Å². The van der Waals surface area contributed by atoms with Crippen molar-refractivity contribution in [3.8, 4) is 0 Å². The van der Waals surface area contributed by atoms with Gasteiger partial charge in [0.2, 0.25) is 0 Å². The van der Waals surface area contributed by atoms with Gasteiger partial charge in [-0.25, -0.2) is 0 Å². The highest BCUT2D eigenvalue weighted by molar-refractivity contribution is 7.80. The Balaban J connectivity index is 1.28. The van der Waals surface area contributed by atoms with Gasteiger partial charge in [0.1, 0.15) is 5.69 Å². The topological polar surface area (TPSA) is 116 Å². The molecule has 0 spiro atoms. The molecule has 3 heterocycles. The van der Waals surface area contributed by atoms with Crippen molar-refractivity contribution in [2.45, 2.75) is 12.5 Å². The van der Waals surface area contributed by atoms with Crippen LogP contribution in [0.5, 0.6) is 0 Å². The number of fused-ring (bicyclic) bond motifs is 2. The highest BCUT2D eigenvalue weighted by atomic mass is 32.1. The fourth-order valence-corrected chi connectivity index (χ4v) is 4.47. The minimum Gasteiger partial charge on any atom is -0.356 e. The Labute approximate surface area is 217 Å². The molecule has 1 aliphatic rings. The zero-order valence-electron chi connectivity index (χ0n) is 19.5. The van der Waals surface area contributed by atoms with E-state index < -0.39 is 11.9 Å². The smallest absolute Gasteiger partial charge is 0.288 e. The van der Waals surface area contributed by atoms with Crippen molar-refractivity contribution in [2.75, 3.05) is 6.54 Å². The summed E-state index contributed by atoms with van der Waals surface area (Å²) in [4.78, 5) is 48.4. The van der Waals surface area contributed by atoms with Crippen LogP contribution in [0.1, 0.15) is 36.9 Å². The van der Waals surface area contributed by atoms with Crippen molar-refractivity contribution in [1.82, 2.24) is 31.0 Å². The van der Waals surface area contributed by atoms with Crippen molar-refractivity contribution in [3.05, 3.63) is 108 Å². The summed E-state index contributed by atoms with van der Waals surface area (Å²) in [5.41, 5.74) is 7.02. The second kappa shape index (κ2) is 10.5. The first-order valence-corrected chi connectivity index (χ1v) is 12.0. The van der Waals surface area contributed by atoms with E-state index in [1.54, 1.807) is 42.7 Å². The summed E-state index contributed by atoms with van der Waals surface area (Å²) >= 11 is 5.41. The fraction of sp³-hybridized carbons (Fsp3) is 0.111. The quantitative estimate of drug-likeness (QED) is 0.206. The Morgan fingerprint density at radius 1 is 0.838 bits per heavy atom. The Kier molecular flexibility index (Phi) is 6.82. The third-order valence-electron chi connectivity index (χ3n) is 5.98. The van der Waals surface area contributed by atoms with Crippen molar-refractivity contribution in [2.24, 2.45) is 0 Å². The lowest BCUT2D eigenvalue weighted by Crippen LogP contribution is -2.53. The van der Waals surface area contributed by atoms with E-state index in [1.165, 1.54) is 4.90 Å². The average Bonchev–Trinajstić information content (AvgIpc) is 3.17. The second-order valence-corrected chi connectivity index (χ2v) is 8.83. The van der Waals surface area contributed by atoms with E-state index in [9.17, 15) is 14.4 Å². The van der Waals surface area contributed by atoms with Crippen LogP contribution >= 0.6 is 12.2 Å². The first-order valence-electron chi connectivity index (χ1n) is 11.6. The van der Waals surface area contributed by atoms with Crippen LogP contribution < -0.4 is 16.2 Å². The van der Waals surface area contributed by atoms with E-state index in [0.29, 0.717) is 22.9 Å². The molecule has 0 aliphatic carbocycles. The van der Waals surface area contributed by atoms with Gasteiger partial charge in [-0.1, -0.05) is 42.5 Å². The van der Waals surface area contributed by atoms with Gasteiger partial charge in [-0.15, -0.1) is 0 Å². The van der Waals surface area contributed by atoms with E-state index in [1.807, 2.05) is 42.5 Å². The number of rotatable bonds is 6. The van der Waals surface area contributed by atoms with Gasteiger partial charge in [0.25, 0.3) is 17.7 Å². The summed E-state index contributed by atoms with van der Waals surface area (Å²) in [7, 11) is 0. The highest BCUT2D eigenvalue weighted by Crippen LogP contribution is 2.23. The molecular weight excluding hydrogens is 488 g/mol. The third-order valence-corrected chi connectivity index (χ3v) is 6.20. The molecule has 4 aromatic rings. The lowest BCUT2D eigenvalue weighted by molar-refractivity contribution is 0.0641. The molecule has 184 valence electrons. The molecule has 37 heavy (non-hydrogen) atoms. The number of pyridine rings is 2. The summed E-state index contributed by atoms with van der Waals surface area (Å²) in [5, 5.41) is 4.82. The van der Waals surface area contributed by atoms with Gasteiger partial charge in [0, 0.05) is 36.4 Å². The summed E-state index contributed by atoms with van der Waals surface area (Å²) in [6.07, 6.45) is 3.62. The normalized spacial score (nSPS) is 13.2. The van der Waals surface area contributed by atoms with E-state index >= 15 is 0 Å². The number of imide groups is 1. The van der Waals surface area contributed by atoms with E-state index in [-0.39, 0.29) is 29.2 Å². The van der Waals surface area contributed by atoms with Crippen LogP contribution in [0, 0.1) is 0 Å². The maximum atomic E-state index is 12.9. The maximum Gasteiger partial charge on any atom is 0.288 e.